The Kier molecular flexibility index (Phi) is 5.99. The van der Waals surface area contributed by atoms with E-state index in [-0.39, 0.29) is 11.4 Å². The molecule has 0 fully saturated rings. The second-order valence-electron chi connectivity index (χ2n) is 8.05. The molecule has 0 bridgehead atoms. The molecule has 11 heteroatoms. The maximum Gasteiger partial charge on any atom is 0.321 e. The number of aromatic nitrogens is 5. The van der Waals surface area contributed by atoms with Crippen LogP contribution in [0.2, 0.25) is 0 Å². The highest BCUT2D eigenvalue weighted by molar-refractivity contribution is 7.21. The number of amides is 2. The van der Waals surface area contributed by atoms with Crippen LogP contribution in [0, 0.1) is 0 Å². The Labute approximate surface area is 188 Å². The molecular weight excluding hydrogens is 430 g/mol. The van der Waals surface area contributed by atoms with Gasteiger partial charge in [0.1, 0.15) is 16.1 Å². The fourth-order valence-electron chi connectivity index (χ4n) is 2.79. The van der Waals surface area contributed by atoms with E-state index in [1.165, 1.54) is 11.3 Å². The maximum atomic E-state index is 12.2. The van der Waals surface area contributed by atoms with E-state index >= 15 is 0 Å². The third-order valence-electron chi connectivity index (χ3n) is 4.46. The van der Waals surface area contributed by atoms with Gasteiger partial charge < -0.3 is 14.6 Å². The number of carbonyl (C=O) groups is 1. The van der Waals surface area contributed by atoms with Crippen molar-refractivity contribution >= 4 is 32.8 Å². The molecule has 4 heterocycles. The zero-order valence-electron chi connectivity index (χ0n) is 18.2. The number of thiazole rings is 1. The second-order valence-corrected chi connectivity index (χ2v) is 9.03. The number of nitrogens with one attached hydrogen (secondary N) is 2. The van der Waals surface area contributed by atoms with Crippen LogP contribution < -0.4 is 15.4 Å². The minimum Gasteiger partial charge on any atom is -0.495 e. The molecule has 0 saturated heterocycles. The van der Waals surface area contributed by atoms with E-state index < -0.39 is 0 Å². The number of carbonyl (C=O) groups excluding carboxylic acids is 1. The molecule has 4 rings (SSSR count). The van der Waals surface area contributed by atoms with E-state index in [9.17, 15) is 4.79 Å². The third-order valence-corrected chi connectivity index (χ3v) is 5.34. The van der Waals surface area contributed by atoms with Crippen molar-refractivity contribution in [2.24, 2.45) is 0 Å². The first kappa shape index (κ1) is 21.6. The van der Waals surface area contributed by atoms with Gasteiger partial charge in [-0.25, -0.2) is 14.8 Å². The van der Waals surface area contributed by atoms with Crippen LogP contribution in [-0.4, -0.2) is 44.8 Å². The second kappa shape index (κ2) is 8.87. The summed E-state index contributed by atoms with van der Waals surface area (Å²) in [6.07, 6.45) is 3.82. The molecule has 0 aromatic carbocycles. The predicted octanol–water partition coefficient (Wildman–Crippen LogP) is 3.81. The molecule has 32 heavy (non-hydrogen) atoms. The maximum absolute atomic E-state index is 12.2. The van der Waals surface area contributed by atoms with Gasteiger partial charge in [-0.1, -0.05) is 37.3 Å². The largest absolute Gasteiger partial charge is 0.495 e. The monoisotopic (exact) mass is 453 g/mol. The molecule has 0 spiro atoms. The van der Waals surface area contributed by atoms with E-state index in [0.717, 1.165) is 11.3 Å². The molecule has 10 nitrogen and oxygen atoms in total. The molecule has 4 aromatic heterocycles. The van der Waals surface area contributed by atoms with Crippen LogP contribution in [0.4, 0.5) is 9.93 Å². The van der Waals surface area contributed by atoms with Gasteiger partial charge in [-0.3, -0.25) is 10.3 Å². The highest BCUT2D eigenvalue weighted by Crippen LogP contribution is 2.28. The zero-order valence-corrected chi connectivity index (χ0v) is 19.0. The number of nitrogens with zero attached hydrogens (tertiary/aromatic N) is 5. The van der Waals surface area contributed by atoms with Gasteiger partial charge in [0, 0.05) is 30.1 Å². The summed E-state index contributed by atoms with van der Waals surface area (Å²) in [5.41, 5.74) is 2.08. The van der Waals surface area contributed by atoms with Crippen molar-refractivity contribution in [1.82, 2.24) is 30.4 Å². The van der Waals surface area contributed by atoms with Gasteiger partial charge in [0.2, 0.25) is 5.89 Å². The molecule has 0 atom stereocenters. The van der Waals surface area contributed by atoms with E-state index in [1.807, 2.05) is 39.0 Å². The van der Waals surface area contributed by atoms with Crippen molar-refractivity contribution < 1.29 is 14.1 Å². The molecule has 166 valence electrons. The van der Waals surface area contributed by atoms with Crippen LogP contribution in [0.3, 0.4) is 0 Å². The Morgan fingerprint density at radius 3 is 2.78 bits per heavy atom. The summed E-state index contributed by atoms with van der Waals surface area (Å²) in [6, 6.07) is 5.22. The van der Waals surface area contributed by atoms with Gasteiger partial charge in [-0.05, 0) is 18.2 Å². The van der Waals surface area contributed by atoms with Crippen LogP contribution in [0.15, 0.2) is 35.1 Å². The van der Waals surface area contributed by atoms with Gasteiger partial charge in [-0.2, -0.15) is 4.98 Å². The first-order valence-corrected chi connectivity index (χ1v) is 10.8. The lowest BCUT2D eigenvalue weighted by Crippen LogP contribution is -2.30. The Morgan fingerprint density at radius 1 is 1.19 bits per heavy atom. The molecular formula is C21H23N7O3S. The average molecular weight is 454 g/mol. The first-order chi connectivity index (χ1) is 15.3. The Morgan fingerprint density at radius 2 is 2.03 bits per heavy atom. The summed E-state index contributed by atoms with van der Waals surface area (Å²) in [5, 5.41) is 9.93. The fourth-order valence-corrected chi connectivity index (χ4v) is 3.62. The SMILES string of the molecule is COc1cncc(-c2ccc3nc(NC(=O)NCCc4noc(C(C)(C)C)n4)sc3n2)c1. The number of hydrogen-bond acceptors (Lipinski definition) is 9. The molecule has 0 aliphatic heterocycles. The van der Waals surface area contributed by atoms with Crippen molar-refractivity contribution in [3.63, 3.8) is 0 Å². The smallest absolute Gasteiger partial charge is 0.321 e. The minimum atomic E-state index is -0.360. The number of hydrogen-bond donors (Lipinski definition) is 2. The highest BCUT2D eigenvalue weighted by atomic mass is 32.1. The fraction of sp³-hybridized carbons (Fsp3) is 0.333. The van der Waals surface area contributed by atoms with Gasteiger partial charge in [0.05, 0.1) is 19.0 Å². The van der Waals surface area contributed by atoms with Crippen LogP contribution in [0.5, 0.6) is 5.75 Å². The van der Waals surface area contributed by atoms with Gasteiger partial charge >= 0.3 is 6.03 Å². The summed E-state index contributed by atoms with van der Waals surface area (Å²) in [4.78, 5) is 30.5. The molecule has 0 unspecified atom stereocenters. The summed E-state index contributed by atoms with van der Waals surface area (Å²) < 4.78 is 10.5. The average Bonchev–Trinajstić information content (AvgIpc) is 3.39. The minimum absolute atomic E-state index is 0.208. The molecule has 2 amide bonds. The predicted molar refractivity (Wildman–Crippen MR) is 121 cm³/mol. The molecule has 0 aliphatic carbocycles. The molecule has 4 aromatic rings. The topological polar surface area (TPSA) is 128 Å². The number of pyridine rings is 2. The lowest BCUT2D eigenvalue weighted by Gasteiger charge is -2.10. The molecule has 0 saturated carbocycles. The van der Waals surface area contributed by atoms with E-state index in [2.05, 4.69) is 35.7 Å². The van der Waals surface area contributed by atoms with E-state index in [1.54, 1.807) is 19.5 Å². The summed E-state index contributed by atoms with van der Waals surface area (Å²) in [6.45, 7) is 6.36. The van der Waals surface area contributed by atoms with Crippen molar-refractivity contribution in [2.45, 2.75) is 32.6 Å². The van der Waals surface area contributed by atoms with Crippen LogP contribution in [0.25, 0.3) is 21.6 Å². The Bertz CT molecular complexity index is 1250. The summed E-state index contributed by atoms with van der Waals surface area (Å²) >= 11 is 1.29. The normalized spacial score (nSPS) is 11.5. The zero-order chi connectivity index (χ0) is 22.7. The van der Waals surface area contributed by atoms with E-state index in [4.69, 9.17) is 9.26 Å². The van der Waals surface area contributed by atoms with Crippen molar-refractivity contribution in [2.75, 3.05) is 19.0 Å². The van der Waals surface area contributed by atoms with Crippen LogP contribution in [0.1, 0.15) is 32.5 Å². The summed E-state index contributed by atoms with van der Waals surface area (Å²) in [5.74, 6) is 1.78. The number of fused-ring (bicyclic) bond motifs is 1. The van der Waals surface area contributed by atoms with Crippen LogP contribution in [-0.2, 0) is 11.8 Å². The van der Waals surface area contributed by atoms with Crippen molar-refractivity contribution in [3.8, 4) is 17.0 Å². The Hall–Kier alpha value is -3.60. The third kappa shape index (κ3) is 4.99. The molecule has 2 N–H and O–H groups in total. The lowest BCUT2D eigenvalue weighted by atomic mass is 9.97. The molecule has 0 aliphatic rings. The van der Waals surface area contributed by atoms with Gasteiger partial charge in [0.25, 0.3) is 0 Å². The standard InChI is InChI=1S/C21H23N7O3S/c1-21(2,3)18-26-16(28-31-18)7-8-23-19(29)27-20-25-15-6-5-14(24-17(15)32-20)12-9-13(30-4)11-22-10-12/h5-6,9-11H,7-8H2,1-4H3,(H2,23,25,27,29). The summed E-state index contributed by atoms with van der Waals surface area (Å²) in [7, 11) is 1.59. The lowest BCUT2D eigenvalue weighted by molar-refractivity contribution is 0.252. The number of methoxy groups -OCH3 is 1. The van der Waals surface area contributed by atoms with Crippen LogP contribution >= 0.6 is 11.3 Å². The number of ether oxygens (including phenoxy) is 1. The van der Waals surface area contributed by atoms with Gasteiger partial charge in [-0.15, -0.1) is 0 Å². The Balaban J connectivity index is 1.36. The number of rotatable bonds is 6. The molecule has 0 radical (unpaired) electrons. The number of urea groups is 1. The van der Waals surface area contributed by atoms with Crippen molar-refractivity contribution in [1.29, 1.82) is 0 Å². The quantitative estimate of drug-likeness (QED) is 0.451. The highest BCUT2D eigenvalue weighted by Gasteiger charge is 2.21. The number of anilines is 1. The van der Waals surface area contributed by atoms with Crippen molar-refractivity contribution in [3.05, 3.63) is 42.3 Å². The van der Waals surface area contributed by atoms with Gasteiger partial charge in [0.15, 0.2) is 11.0 Å². The van der Waals surface area contributed by atoms with E-state index in [0.29, 0.717) is 45.9 Å². The first-order valence-electron chi connectivity index (χ1n) is 9.97.